The zero-order valence-corrected chi connectivity index (χ0v) is 18.1. The molecule has 0 bridgehead atoms. The van der Waals surface area contributed by atoms with Gasteiger partial charge in [0.25, 0.3) is 0 Å². The van der Waals surface area contributed by atoms with Gasteiger partial charge in [0.15, 0.2) is 5.41 Å². The minimum atomic E-state index is -1.74. The number of amides is 1. The van der Waals surface area contributed by atoms with E-state index in [0.717, 1.165) is 5.56 Å². The highest BCUT2D eigenvalue weighted by atomic mass is 16.5. The summed E-state index contributed by atoms with van der Waals surface area (Å²) in [7, 11) is 0. The fourth-order valence-corrected chi connectivity index (χ4v) is 4.41. The largest absolute Gasteiger partial charge is 0.459 e. The number of nitrogens with zero attached hydrogens (tertiary/aromatic N) is 2. The van der Waals surface area contributed by atoms with E-state index in [1.165, 1.54) is 0 Å². The number of nitriles is 1. The van der Waals surface area contributed by atoms with Gasteiger partial charge in [0.2, 0.25) is 11.8 Å². The van der Waals surface area contributed by atoms with Crippen LogP contribution in [-0.2, 0) is 31.0 Å². The Kier molecular flexibility index (Phi) is 5.23. The molecule has 4 rings (SSSR count). The first-order chi connectivity index (χ1) is 15.3. The van der Waals surface area contributed by atoms with Crippen molar-refractivity contribution in [1.29, 1.82) is 5.26 Å². The number of ether oxygens (including phenoxy) is 2. The summed E-state index contributed by atoms with van der Waals surface area (Å²) < 4.78 is 11.0. The van der Waals surface area contributed by atoms with Crippen molar-refractivity contribution in [2.75, 3.05) is 4.90 Å². The molecule has 162 valence electrons. The van der Waals surface area contributed by atoms with E-state index in [1.807, 2.05) is 42.5 Å². The number of hydrogen-bond donors (Lipinski definition) is 1. The molecule has 0 saturated heterocycles. The Morgan fingerprint density at radius 1 is 1.19 bits per heavy atom. The van der Waals surface area contributed by atoms with Crippen LogP contribution in [0.2, 0.25) is 0 Å². The van der Waals surface area contributed by atoms with E-state index >= 15 is 0 Å². The molecule has 32 heavy (non-hydrogen) atoms. The molecule has 1 unspecified atom stereocenters. The summed E-state index contributed by atoms with van der Waals surface area (Å²) in [5, 5.41) is 10.1. The topological polar surface area (TPSA) is 106 Å². The van der Waals surface area contributed by atoms with Crippen LogP contribution >= 0.6 is 0 Å². The SMILES string of the molecule is CC1=C(C(=O)OC(C)C)C2(C(=O)N(Cc3ccccc3)c3ccccc32)C(C#N)=C(N)O1. The van der Waals surface area contributed by atoms with E-state index in [1.54, 1.807) is 43.9 Å². The van der Waals surface area contributed by atoms with E-state index in [9.17, 15) is 14.9 Å². The number of benzene rings is 2. The van der Waals surface area contributed by atoms with Crippen LogP contribution in [0.5, 0.6) is 0 Å². The van der Waals surface area contributed by atoms with E-state index in [-0.39, 0.29) is 29.3 Å². The molecule has 2 heterocycles. The molecular weight excluding hydrogens is 406 g/mol. The van der Waals surface area contributed by atoms with Crippen LogP contribution in [0.15, 0.2) is 77.4 Å². The summed E-state index contributed by atoms with van der Waals surface area (Å²) >= 11 is 0. The number of carbonyl (C=O) groups excluding carboxylic acids is 2. The maximum absolute atomic E-state index is 14.2. The summed E-state index contributed by atoms with van der Waals surface area (Å²) in [6.45, 7) is 5.25. The molecule has 0 aromatic heterocycles. The summed E-state index contributed by atoms with van der Waals surface area (Å²) in [6.07, 6.45) is -0.430. The number of nitrogens with two attached hydrogens (primary N) is 1. The Morgan fingerprint density at radius 3 is 2.50 bits per heavy atom. The Labute approximate surface area is 186 Å². The van der Waals surface area contributed by atoms with Crippen LogP contribution in [0.4, 0.5) is 5.69 Å². The van der Waals surface area contributed by atoms with Crippen molar-refractivity contribution >= 4 is 17.6 Å². The van der Waals surface area contributed by atoms with E-state index < -0.39 is 23.4 Å². The van der Waals surface area contributed by atoms with Gasteiger partial charge in [0.05, 0.1) is 12.6 Å². The molecule has 2 aliphatic rings. The predicted octanol–water partition coefficient (Wildman–Crippen LogP) is 3.42. The lowest BCUT2D eigenvalue weighted by Crippen LogP contribution is -2.48. The van der Waals surface area contributed by atoms with Gasteiger partial charge >= 0.3 is 5.97 Å². The zero-order chi connectivity index (χ0) is 23.0. The molecule has 1 atom stereocenters. The average Bonchev–Trinajstić information content (AvgIpc) is 2.98. The summed E-state index contributed by atoms with van der Waals surface area (Å²) in [4.78, 5) is 29.0. The van der Waals surface area contributed by atoms with Gasteiger partial charge < -0.3 is 20.1 Å². The quantitative estimate of drug-likeness (QED) is 0.747. The molecule has 0 radical (unpaired) electrons. The lowest BCUT2D eigenvalue weighted by atomic mass is 9.68. The van der Waals surface area contributed by atoms with Crippen molar-refractivity contribution in [2.24, 2.45) is 5.73 Å². The minimum absolute atomic E-state index is 0.0232. The van der Waals surface area contributed by atoms with E-state index in [2.05, 4.69) is 0 Å². The molecule has 2 N–H and O–H groups in total. The summed E-state index contributed by atoms with van der Waals surface area (Å²) in [5.74, 6) is -1.23. The van der Waals surface area contributed by atoms with Crippen molar-refractivity contribution in [3.05, 3.63) is 88.5 Å². The molecule has 2 aliphatic heterocycles. The standard InChI is InChI=1S/C25H23N3O4/c1-15(2)31-23(29)21-16(3)32-22(27)19(13-26)25(21)18-11-7-8-12-20(18)28(24(25)30)14-17-9-5-4-6-10-17/h4-12,15H,14,27H2,1-3H3. The molecule has 1 amide bonds. The van der Waals surface area contributed by atoms with Crippen molar-refractivity contribution in [3.63, 3.8) is 0 Å². The summed E-state index contributed by atoms with van der Waals surface area (Å²) in [5.41, 5.74) is 6.22. The van der Waals surface area contributed by atoms with Crippen molar-refractivity contribution in [3.8, 4) is 6.07 Å². The molecule has 2 aromatic rings. The van der Waals surface area contributed by atoms with Gasteiger partial charge in [-0.1, -0.05) is 48.5 Å². The molecule has 0 fully saturated rings. The van der Waals surface area contributed by atoms with Crippen LogP contribution in [0.1, 0.15) is 31.9 Å². The lowest BCUT2D eigenvalue weighted by Gasteiger charge is -2.35. The molecule has 2 aromatic carbocycles. The second kappa shape index (κ2) is 7.89. The third-order valence-electron chi connectivity index (χ3n) is 5.62. The maximum Gasteiger partial charge on any atom is 0.339 e. The third kappa shape index (κ3) is 3.04. The monoisotopic (exact) mass is 429 g/mol. The molecular formula is C25H23N3O4. The Morgan fingerprint density at radius 2 is 1.84 bits per heavy atom. The molecule has 0 aliphatic carbocycles. The Balaban J connectivity index is 1.99. The Bertz CT molecular complexity index is 1210. The second-order valence-corrected chi connectivity index (χ2v) is 7.98. The average molecular weight is 429 g/mol. The smallest absolute Gasteiger partial charge is 0.339 e. The highest BCUT2D eigenvalue weighted by molar-refractivity contribution is 6.18. The molecule has 0 saturated carbocycles. The van der Waals surface area contributed by atoms with Crippen LogP contribution in [-0.4, -0.2) is 18.0 Å². The third-order valence-corrected chi connectivity index (χ3v) is 5.62. The van der Waals surface area contributed by atoms with Gasteiger partial charge in [-0.2, -0.15) is 5.26 Å². The first-order valence-corrected chi connectivity index (χ1v) is 10.3. The molecule has 7 heteroatoms. The van der Waals surface area contributed by atoms with Crippen molar-refractivity contribution in [1.82, 2.24) is 0 Å². The number of carbonyl (C=O) groups is 2. The van der Waals surface area contributed by atoms with E-state index in [0.29, 0.717) is 11.3 Å². The van der Waals surface area contributed by atoms with Crippen LogP contribution in [0.25, 0.3) is 0 Å². The van der Waals surface area contributed by atoms with Gasteiger partial charge in [-0.25, -0.2) is 4.79 Å². The maximum atomic E-state index is 14.2. The number of para-hydroxylation sites is 1. The highest BCUT2D eigenvalue weighted by Gasteiger charge is 2.62. The predicted molar refractivity (Wildman–Crippen MR) is 118 cm³/mol. The second-order valence-electron chi connectivity index (χ2n) is 7.98. The van der Waals surface area contributed by atoms with Gasteiger partial charge in [0, 0.05) is 11.3 Å². The fourth-order valence-electron chi connectivity index (χ4n) is 4.41. The number of anilines is 1. The van der Waals surface area contributed by atoms with Gasteiger partial charge in [0.1, 0.15) is 23.0 Å². The normalized spacial score (nSPS) is 19.8. The number of esters is 1. The van der Waals surface area contributed by atoms with Crippen LogP contribution in [0, 0.1) is 11.3 Å². The number of fused-ring (bicyclic) bond motifs is 2. The summed E-state index contributed by atoms with van der Waals surface area (Å²) in [6, 6.07) is 18.7. The van der Waals surface area contributed by atoms with Gasteiger partial charge in [-0.3, -0.25) is 4.79 Å². The minimum Gasteiger partial charge on any atom is -0.459 e. The lowest BCUT2D eigenvalue weighted by molar-refractivity contribution is -0.144. The van der Waals surface area contributed by atoms with Crippen molar-refractivity contribution in [2.45, 2.75) is 38.8 Å². The van der Waals surface area contributed by atoms with Gasteiger partial charge in [-0.15, -0.1) is 0 Å². The Hall–Kier alpha value is -4.05. The number of rotatable bonds is 4. The van der Waals surface area contributed by atoms with Crippen LogP contribution < -0.4 is 10.6 Å². The first kappa shape index (κ1) is 21.2. The first-order valence-electron chi connectivity index (χ1n) is 10.3. The molecule has 1 spiro atoms. The number of allylic oxidation sites excluding steroid dienone is 1. The highest BCUT2D eigenvalue weighted by Crippen LogP contribution is 2.54. The zero-order valence-electron chi connectivity index (χ0n) is 18.1. The van der Waals surface area contributed by atoms with Crippen molar-refractivity contribution < 1.29 is 19.1 Å². The van der Waals surface area contributed by atoms with E-state index in [4.69, 9.17) is 15.2 Å². The fraction of sp³-hybridized carbons (Fsp3) is 0.240. The number of hydrogen-bond acceptors (Lipinski definition) is 6. The molecule has 7 nitrogen and oxygen atoms in total. The van der Waals surface area contributed by atoms with Gasteiger partial charge in [-0.05, 0) is 32.4 Å². The van der Waals surface area contributed by atoms with Crippen LogP contribution in [0.3, 0.4) is 0 Å².